The van der Waals surface area contributed by atoms with E-state index in [0.717, 1.165) is 33.4 Å². The molecule has 0 spiro atoms. The molecule has 7 rings (SSSR count). The summed E-state index contributed by atoms with van der Waals surface area (Å²) in [6.07, 6.45) is -0.0348. The number of benzene rings is 7. The predicted octanol–water partition coefficient (Wildman–Crippen LogP) is 11.1. The molecule has 2 amide bonds. The van der Waals surface area contributed by atoms with Crippen LogP contribution in [0.2, 0.25) is 0 Å². The lowest BCUT2D eigenvalue weighted by Gasteiger charge is -2.37. The second-order valence-corrected chi connectivity index (χ2v) is 17.6. The summed E-state index contributed by atoms with van der Waals surface area (Å²) in [5, 5.41) is 9.80. The molecule has 334 valence electrons. The van der Waals surface area contributed by atoms with Crippen molar-refractivity contribution < 1.29 is 14.1 Å². The second kappa shape index (κ2) is 22.4. The molecule has 66 heavy (non-hydrogen) atoms. The molecule has 0 saturated heterocycles. The molecule has 4 N–H and O–H groups in total. The first-order chi connectivity index (χ1) is 32.2. The molecule has 7 aromatic carbocycles. The fourth-order valence-electron chi connectivity index (χ4n) is 8.53. The Bertz CT molecular complexity index is 2300. The maximum atomic E-state index is 14.8. The van der Waals surface area contributed by atoms with Gasteiger partial charge in [0.15, 0.2) is 0 Å². The fraction of sp³-hybridized carbons (Fsp3) is 0.196. The highest BCUT2D eigenvalue weighted by Crippen LogP contribution is 2.39. The van der Waals surface area contributed by atoms with E-state index in [4.69, 9.17) is 4.52 Å². The van der Waals surface area contributed by atoms with Crippen LogP contribution >= 0.6 is 8.96 Å². The van der Waals surface area contributed by atoms with Gasteiger partial charge in [0.1, 0.15) is 11.1 Å². The summed E-state index contributed by atoms with van der Waals surface area (Å²) in [5.41, 5.74) is 17.6. The van der Waals surface area contributed by atoms with E-state index in [-0.39, 0.29) is 38.6 Å². The quantitative estimate of drug-likeness (QED) is 0.0342. The molecular formula is C56H57N6O3P. The number of hydrogen-bond donors (Lipinski definition) is 4. The summed E-state index contributed by atoms with van der Waals surface area (Å²) >= 11 is 0. The number of carbonyl (C=O) groups excluding carboxylic acids is 2. The molecule has 0 aliphatic carbocycles. The number of amides is 2. The maximum Gasteiger partial charge on any atom is 0.265 e. The van der Waals surface area contributed by atoms with Crippen molar-refractivity contribution in [2.24, 2.45) is 0 Å². The van der Waals surface area contributed by atoms with Crippen molar-refractivity contribution in [3.8, 4) is 6.07 Å². The SMILES string of the molecule is CC(C)N(POC(CCC#N)c1cc(C(=O)NNC(c2ccccc2)(c2ccccc2)c2ccccc2)cc(C(=O)NNC(c2ccccc2)(c2ccccc2)c2ccccc2)c1)C(C)C. The number of hydrogen-bond acceptors (Lipinski definition) is 7. The molecule has 9 nitrogen and oxygen atoms in total. The number of nitriles is 1. The first-order valence-electron chi connectivity index (χ1n) is 22.4. The van der Waals surface area contributed by atoms with Gasteiger partial charge in [-0.15, -0.1) is 0 Å². The first kappa shape index (κ1) is 47.2. The van der Waals surface area contributed by atoms with Gasteiger partial charge in [-0.05, 0) is 91.3 Å². The monoisotopic (exact) mass is 892 g/mol. The molecule has 0 heterocycles. The van der Waals surface area contributed by atoms with Crippen LogP contribution in [0, 0.1) is 11.3 Å². The molecular weight excluding hydrogens is 836 g/mol. The minimum atomic E-state index is -1.01. The molecule has 0 bridgehead atoms. The Hall–Kier alpha value is -6.76. The van der Waals surface area contributed by atoms with Gasteiger partial charge in [0.05, 0.1) is 21.1 Å². The average Bonchev–Trinajstić information content (AvgIpc) is 3.37. The van der Waals surface area contributed by atoms with Crippen LogP contribution in [-0.2, 0) is 15.6 Å². The van der Waals surface area contributed by atoms with Gasteiger partial charge in [-0.2, -0.15) is 5.26 Å². The Balaban J connectivity index is 1.31. The van der Waals surface area contributed by atoms with Crippen LogP contribution in [0.25, 0.3) is 0 Å². The Morgan fingerprint density at radius 1 is 0.530 bits per heavy atom. The second-order valence-electron chi connectivity index (χ2n) is 16.7. The summed E-state index contributed by atoms with van der Waals surface area (Å²) in [7, 11) is -0.0293. The van der Waals surface area contributed by atoms with Crippen LogP contribution in [0.15, 0.2) is 200 Å². The number of carbonyl (C=O) groups is 2. The van der Waals surface area contributed by atoms with E-state index >= 15 is 0 Å². The zero-order valence-electron chi connectivity index (χ0n) is 37.8. The third-order valence-corrected chi connectivity index (χ3v) is 13.4. The number of nitrogens with zero attached hydrogens (tertiary/aromatic N) is 2. The standard InChI is InChI=1S/C56H57N6O3P/c1-41(2)62(42(3)4)66-65-52(36-23-37-57)43-38-44(53(63)58-60-55(46-24-11-5-12-25-46,47-26-13-6-14-27-47)48-28-15-7-16-29-48)40-45(39-43)54(64)59-61-56(49-30-17-8-18-31-49,50-32-19-9-20-33-50)51-34-21-10-22-35-51/h5-22,24-35,38-42,52,60-61,66H,23,36H2,1-4H3,(H,58,63)(H,59,64). The minimum Gasteiger partial charge on any atom is -0.338 e. The zero-order valence-corrected chi connectivity index (χ0v) is 38.8. The molecule has 0 aliphatic rings. The lowest BCUT2D eigenvalue weighted by molar-refractivity contribution is 0.0918. The van der Waals surface area contributed by atoms with Crippen LogP contribution < -0.4 is 21.7 Å². The Labute approximate surface area is 391 Å². The van der Waals surface area contributed by atoms with Gasteiger partial charge in [-0.1, -0.05) is 182 Å². The van der Waals surface area contributed by atoms with Gasteiger partial charge >= 0.3 is 0 Å². The zero-order chi connectivity index (χ0) is 46.4. The molecule has 7 aromatic rings. The van der Waals surface area contributed by atoms with Crippen LogP contribution in [0.3, 0.4) is 0 Å². The lowest BCUT2D eigenvalue weighted by atomic mass is 9.77. The molecule has 2 atom stereocenters. The molecule has 0 saturated carbocycles. The third-order valence-electron chi connectivity index (χ3n) is 11.8. The smallest absolute Gasteiger partial charge is 0.265 e. The van der Waals surface area contributed by atoms with E-state index < -0.39 is 29.0 Å². The van der Waals surface area contributed by atoms with Crippen molar-refractivity contribution in [3.05, 3.63) is 250 Å². The molecule has 0 radical (unpaired) electrons. The van der Waals surface area contributed by atoms with Gasteiger partial charge < -0.3 is 4.52 Å². The van der Waals surface area contributed by atoms with E-state index in [2.05, 4.69) is 60.1 Å². The average molecular weight is 893 g/mol. The van der Waals surface area contributed by atoms with Crippen LogP contribution in [0.1, 0.15) is 106 Å². The normalized spacial score (nSPS) is 12.3. The van der Waals surface area contributed by atoms with E-state index in [1.54, 1.807) is 18.2 Å². The minimum absolute atomic E-state index is 0.0293. The number of rotatable bonds is 20. The third kappa shape index (κ3) is 10.7. The lowest BCUT2D eigenvalue weighted by Crippen LogP contribution is -2.54. The highest BCUT2D eigenvalue weighted by atomic mass is 31.1. The Morgan fingerprint density at radius 3 is 1.11 bits per heavy atom. The van der Waals surface area contributed by atoms with Crippen LogP contribution in [0.4, 0.5) is 0 Å². The van der Waals surface area contributed by atoms with Crippen molar-refractivity contribution >= 4 is 20.8 Å². The molecule has 10 heteroatoms. The molecule has 2 unspecified atom stereocenters. The molecule has 0 fully saturated rings. The first-order valence-corrected chi connectivity index (χ1v) is 23.2. The van der Waals surface area contributed by atoms with E-state index in [9.17, 15) is 14.9 Å². The highest BCUT2D eigenvalue weighted by molar-refractivity contribution is 7.29. The molecule has 0 aromatic heterocycles. The van der Waals surface area contributed by atoms with Gasteiger partial charge in [0.25, 0.3) is 11.8 Å². The van der Waals surface area contributed by atoms with Crippen molar-refractivity contribution in [1.82, 2.24) is 26.4 Å². The van der Waals surface area contributed by atoms with Crippen LogP contribution in [-0.4, -0.2) is 28.6 Å². The predicted molar refractivity (Wildman–Crippen MR) is 265 cm³/mol. The number of nitrogens with one attached hydrogen (secondary N) is 4. The van der Waals surface area contributed by atoms with Gasteiger partial charge in [0, 0.05) is 29.6 Å². The maximum absolute atomic E-state index is 14.8. The van der Waals surface area contributed by atoms with Crippen molar-refractivity contribution in [2.45, 2.75) is 69.8 Å². The van der Waals surface area contributed by atoms with Crippen molar-refractivity contribution in [2.75, 3.05) is 0 Å². The van der Waals surface area contributed by atoms with E-state index in [0.29, 0.717) is 12.0 Å². The summed E-state index contributed by atoms with van der Waals surface area (Å²) in [6, 6.07) is 67.7. The van der Waals surface area contributed by atoms with Crippen molar-refractivity contribution in [1.29, 1.82) is 5.26 Å². The van der Waals surface area contributed by atoms with Crippen LogP contribution in [0.5, 0.6) is 0 Å². The van der Waals surface area contributed by atoms with Gasteiger partial charge in [0.2, 0.25) is 0 Å². The fourth-order valence-corrected chi connectivity index (χ4v) is 9.45. The summed E-state index contributed by atoms with van der Waals surface area (Å²) in [4.78, 5) is 29.7. The van der Waals surface area contributed by atoms with Crippen molar-refractivity contribution in [3.63, 3.8) is 0 Å². The molecule has 0 aliphatic heterocycles. The Morgan fingerprint density at radius 2 is 0.833 bits per heavy atom. The summed E-state index contributed by atoms with van der Waals surface area (Å²) < 4.78 is 8.91. The summed E-state index contributed by atoms with van der Waals surface area (Å²) in [5.74, 6) is -0.934. The largest absolute Gasteiger partial charge is 0.338 e. The van der Waals surface area contributed by atoms with E-state index in [1.807, 2.05) is 182 Å². The van der Waals surface area contributed by atoms with Gasteiger partial charge in [-0.25, -0.2) is 10.9 Å². The van der Waals surface area contributed by atoms with Gasteiger partial charge in [-0.3, -0.25) is 25.1 Å². The number of hydrazine groups is 2. The van der Waals surface area contributed by atoms with E-state index in [1.165, 1.54) is 0 Å². The topological polar surface area (TPSA) is 119 Å². The highest BCUT2D eigenvalue weighted by Gasteiger charge is 2.38. The Kier molecular flexibility index (Phi) is 16.0. The summed E-state index contributed by atoms with van der Waals surface area (Å²) in [6.45, 7) is 8.48.